The molecule has 2 atom stereocenters. The number of nitrogens with zero attached hydrogens (tertiary/aromatic N) is 1. The molecular formula is C10H17NO3. The molecule has 0 aliphatic carbocycles. The number of carbonyl (C=O) groups excluding carboxylic acids is 2. The SMILES string of the molecule is C[C@H]1C(=O)[C@H](C)N1C(=O)OC(C)(C)C. The highest BCUT2D eigenvalue weighted by atomic mass is 16.6. The van der Waals surface area contributed by atoms with E-state index in [0.717, 1.165) is 0 Å². The molecule has 1 fully saturated rings. The highest BCUT2D eigenvalue weighted by Crippen LogP contribution is 2.23. The normalized spacial score (nSPS) is 27.2. The fourth-order valence-electron chi connectivity index (χ4n) is 1.51. The molecule has 0 aromatic heterocycles. The molecule has 0 unspecified atom stereocenters. The number of hydrogen-bond acceptors (Lipinski definition) is 3. The lowest BCUT2D eigenvalue weighted by Crippen LogP contribution is -2.64. The van der Waals surface area contributed by atoms with Crippen molar-refractivity contribution in [3.8, 4) is 0 Å². The molecule has 1 amide bonds. The van der Waals surface area contributed by atoms with Crippen molar-refractivity contribution in [2.45, 2.75) is 52.3 Å². The third-order valence-corrected chi connectivity index (χ3v) is 2.26. The molecule has 0 aromatic rings. The third kappa shape index (κ3) is 1.89. The van der Waals surface area contributed by atoms with Crippen LogP contribution in [0.1, 0.15) is 34.6 Å². The zero-order valence-corrected chi connectivity index (χ0v) is 9.33. The second-order valence-corrected chi connectivity index (χ2v) is 4.64. The van der Waals surface area contributed by atoms with Gasteiger partial charge in [0, 0.05) is 0 Å². The molecule has 4 nitrogen and oxygen atoms in total. The quantitative estimate of drug-likeness (QED) is 0.595. The number of ketones is 1. The summed E-state index contributed by atoms with van der Waals surface area (Å²) in [6, 6.07) is -0.667. The smallest absolute Gasteiger partial charge is 0.411 e. The van der Waals surface area contributed by atoms with Gasteiger partial charge in [-0.15, -0.1) is 0 Å². The van der Waals surface area contributed by atoms with E-state index in [-0.39, 0.29) is 17.9 Å². The fraction of sp³-hybridized carbons (Fsp3) is 0.800. The Bertz CT molecular complexity index is 255. The van der Waals surface area contributed by atoms with Gasteiger partial charge in [-0.1, -0.05) is 0 Å². The minimum Gasteiger partial charge on any atom is -0.444 e. The molecule has 1 saturated heterocycles. The van der Waals surface area contributed by atoms with Crippen molar-refractivity contribution in [1.82, 2.24) is 4.90 Å². The van der Waals surface area contributed by atoms with Gasteiger partial charge in [-0.2, -0.15) is 0 Å². The second kappa shape index (κ2) is 3.26. The first kappa shape index (κ1) is 11.0. The molecule has 1 aliphatic heterocycles. The van der Waals surface area contributed by atoms with Gasteiger partial charge in [0.2, 0.25) is 0 Å². The maximum Gasteiger partial charge on any atom is 0.411 e. The molecule has 1 rings (SSSR count). The lowest BCUT2D eigenvalue weighted by molar-refractivity contribution is -0.141. The van der Waals surface area contributed by atoms with E-state index in [4.69, 9.17) is 4.74 Å². The van der Waals surface area contributed by atoms with E-state index in [0.29, 0.717) is 0 Å². The fourth-order valence-corrected chi connectivity index (χ4v) is 1.51. The summed E-state index contributed by atoms with van der Waals surface area (Å²) < 4.78 is 5.17. The number of rotatable bonds is 0. The van der Waals surface area contributed by atoms with Crippen molar-refractivity contribution < 1.29 is 14.3 Å². The number of amides is 1. The lowest BCUT2D eigenvalue weighted by atomic mass is 9.95. The van der Waals surface area contributed by atoms with Crippen LogP contribution in [-0.2, 0) is 9.53 Å². The van der Waals surface area contributed by atoms with Gasteiger partial charge in [-0.05, 0) is 34.6 Å². The number of carbonyl (C=O) groups is 2. The van der Waals surface area contributed by atoms with Crippen LogP contribution < -0.4 is 0 Å². The maximum atomic E-state index is 11.6. The van der Waals surface area contributed by atoms with Gasteiger partial charge >= 0.3 is 6.09 Å². The summed E-state index contributed by atoms with van der Waals surface area (Å²) in [5.41, 5.74) is -0.505. The zero-order valence-electron chi connectivity index (χ0n) is 9.33. The van der Waals surface area contributed by atoms with Crippen molar-refractivity contribution in [2.24, 2.45) is 0 Å². The van der Waals surface area contributed by atoms with E-state index in [9.17, 15) is 9.59 Å². The van der Waals surface area contributed by atoms with Crippen LogP contribution in [0, 0.1) is 0 Å². The maximum absolute atomic E-state index is 11.6. The van der Waals surface area contributed by atoms with Gasteiger partial charge in [0.1, 0.15) is 5.60 Å². The van der Waals surface area contributed by atoms with Crippen molar-refractivity contribution >= 4 is 11.9 Å². The Kier molecular flexibility index (Phi) is 2.56. The monoisotopic (exact) mass is 199 g/mol. The molecule has 1 aliphatic rings. The Morgan fingerprint density at radius 1 is 1.29 bits per heavy atom. The van der Waals surface area contributed by atoms with Crippen LogP contribution in [0.4, 0.5) is 4.79 Å². The van der Waals surface area contributed by atoms with Crippen LogP contribution >= 0.6 is 0 Å². The van der Waals surface area contributed by atoms with Crippen LogP contribution in [-0.4, -0.2) is 34.5 Å². The average molecular weight is 199 g/mol. The summed E-state index contributed by atoms with van der Waals surface area (Å²) in [6.45, 7) is 8.85. The second-order valence-electron chi connectivity index (χ2n) is 4.64. The van der Waals surface area contributed by atoms with Gasteiger partial charge in [0.05, 0.1) is 12.1 Å². The zero-order chi connectivity index (χ0) is 11.1. The van der Waals surface area contributed by atoms with E-state index >= 15 is 0 Å². The minimum atomic E-state index is -0.505. The Morgan fingerprint density at radius 2 is 1.71 bits per heavy atom. The van der Waals surface area contributed by atoms with Crippen molar-refractivity contribution in [3.05, 3.63) is 0 Å². The Hall–Kier alpha value is -1.06. The number of ether oxygens (including phenoxy) is 1. The van der Waals surface area contributed by atoms with E-state index in [1.165, 1.54) is 4.90 Å². The van der Waals surface area contributed by atoms with Crippen molar-refractivity contribution in [2.75, 3.05) is 0 Å². The lowest BCUT2D eigenvalue weighted by Gasteiger charge is -2.43. The van der Waals surface area contributed by atoms with E-state index in [1.54, 1.807) is 13.8 Å². The van der Waals surface area contributed by atoms with E-state index in [1.807, 2.05) is 20.8 Å². The third-order valence-electron chi connectivity index (χ3n) is 2.26. The first-order valence-electron chi connectivity index (χ1n) is 4.79. The largest absolute Gasteiger partial charge is 0.444 e. The first-order chi connectivity index (χ1) is 6.24. The highest BCUT2D eigenvalue weighted by molar-refractivity contribution is 5.99. The summed E-state index contributed by atoms with van der Waals surface area (Å²) in [6.07, 6.45) is -0.405. The summed E-state index contributed by atoms with van der Waals surface area (Å²) in [4.78, 5) is 24.2. The molecule has 0 bridgehead atoms. The molecule has 0 spiro atoms. The van der Waals surface area contributed by atoms with Crippen LogP contribution in [0.3, 0.4) is 0 Å². The molecule has 0 saturated carbocycles. The average Bonchev–Trinajstić information content (AvgIpc) is 2.00. The van der Waals surface area contributed by atoms with Gasteiger partial charge in [-0.3, -0.25) is 9.69 Å². The van der Waals surface area contributed by atoms with E-state index < -0.39 is 11.7 Å². The predicted molar refractivity (Wildman–Crippen MR) is 52.0 cm³/mol. The molecule has 14 heavy (non-hydrogen) atoms. The topological polar surface area (TPSA) is 46.6 Å². The van der Waals surface area contributed by atoms with Crippen LogP contribution in [0.2, 0.25) is 0 Å². The molecule has 4 heteroatoms. The van der Waals surface area contributed by atoms with Gasteiger partial charge in [0.25, 0.3) is 0 Å². The minimum absolute atomic E-state index is 0.0934. The van der Waals surface area contributed by atoms with Crippen LogP contribution in [0.15, 0.2) is 0 Å². The van der Waals surface area contributed by atoms with Crippen molar-refractivity contribution in [1.29, 1.82) is 0 Å². The van der Waals surface area contributed by atoms with Gasteiger partial charge < -0.3 is 4.74 Å². The summed E-state index contributed by atoms with van der Waals surface area (Å²) in [5, 5.41) is 0. The Labute approximate surface area is 84.2 Å². The Morgan fingerprint density at radius 3 is 2.07 bits per heavy atom. The molecule has 80 valence electrons. The first-order valence-corrected chi connectivity index (χ1v) is 4.79. The molecule has 1 heterocycles. The number of Topliss-reactive ketones (excluding diaryl/α,β-unsaturated/α-hetero) is 1. The standard InChI is InChI=1S/C10H17NO3/c1-6-8(12)7(2)11(6)9(13)14-10(3,4)5/h6-7H,1-5H3/t6-,7-/m0/s1. The molecule has 0 radical (unpaired) electrons. The molecular weight excluding hydrogens is 182 g/mol. The highest BCUT2D eigenvalue weighted by Gasteiger charge is 2.46. The van der Waals surface area contributed by atoms with E-state index in [2.05, 4.69) is 0 Å². The predicted octanol–water partition coefficient (Wildman–Crippen LogP) is 1.58. The summed E-state index contributed by atoms with van der Waals surface area (Å²) >= 11 is 0. The van der Waals surface area contributed by atoms with Crippen LogP contribution in [0.5, 0.6) is 0 Å². The van der Waals surface area contributed by atoms with Crippen LogP contribution in [0.25, 0.3) is 0 Å². The van der Waals surface area contributed by atoms with Gasteiger partial charge in [0.15, 0.2) is 5.78 Å². The molecule has 0 N–H and O–H groups in total. The number of hydrogen-bond donors (Lipinski definition) is 0. The number of likely N-dealkylation sites (tertiary alicyclic amines) is 1. The Balaban J connectivity index is 2.59. The molecule has 0 aromatic carbocycles. The van der Waals surface area contributed by atoms with Gasteiger partial charge in [-0.25, -0.2) is 4.79 Å². The summed E-state index contributed by atoms with van der Waals surface area (Å²) in [5.74, 6) is 0.0934. The van der Waals surface area contributed by atoms with Crippen molar-refractivity contribution in [3.63, 3.8) is 0 Å². The summed E-state index contributed by atoms with van der Waals surface area (Å²) in [7, 11) is 0.